The van der Waals surface area contributed by atoms with Crippen LogP contribution in [0.2, 0.25) is 0 Å². The van der Waals surface area contributed by atoms with E-state index in [0.29, 0.717) is 25.1 Å². The van der Waals surface area contributed by atoms with Gasteiger partial charge in [-0.15, -0.1) is 0 Å². The zero-order valence-electron chi connectivity index (χ0n) is 12.6. The summed E-state index contributed by atoms with van der Waals surface area (Å²) in [6, 6.07) is 5.69. The van der Waals surface area contributed by atoms with Crippen LogP contribution in [-0.4, -0.2) is 30.3 Å². The summed E-state index contributed by atoms with van der Waals surface area (Å²) in [6.07, 6.45) is -0.288. The van der Waals surface area contributed by atoms with E-state index in [1.807, 2.05) is 0 Å². The fourth-order valence-electron chi connectivity index (χ4n) is 2.36. The molecule has 0 bridgehead atoms. The van der Waals surface area contributed by atoms with E-state index in [2.05, 4.69) is 5.32 Å². The maximum absolute atomic E-state index is 13.1. The molecule has 21 heavy (non-hydrogen) atoms. The number of ether oxygens (including phenoxy) is 1. The molecule has 0 radical (unpaired) electrons. The normalized spacial score (nSPS) is 26.4. The Morgan fingerprint density at radius 1 is 1.38 bits per heavy atom. The van der Waals surface area contributed by atoms with Gasteiger partial charge in [0.25, 0.3) is 0 Å². The first-order chi connectivity index (χ1) is 9.73. The van der Waals surface area contributed by atoms with Crippen LogP contribution in [0.5, 0.6) is 0 Å². The predicted octanol–water partition coefficient (Wildman–Crippen LogP) is 1.96. The Bertz CT molecular complexity index is 509. The Hall–Kier alpha value is -1.46. The second kappa shape index (κ2) is 5.73. The topological polar surface area (TPSA) is 58.6 Å². The number of carbonyl (C=O) groups excluding carboxylic acids is 1. The lowest BCUT2D eigenvalue weighted by atomic mass is 9.82. The van der Waals surface area contributed by atoms with Gasteiger partial charge in [0.05, 0.1) is 5.41 Å². The molecule has 2 N–H and O–H groups in total. The maximum atomic E-state index is 13.1. The molecule has 0 aliphatic carbocycles. The molecular weight excluding hydrogens is 273 g/mol. The number of hydrogen-bond acceptors (Lipinski definition) is 4. The Balaban J connectivity index is 2.25. The van der Waals surface area contributed by atoms with E-state index in [9.17, 15) is 14.3 Å². The summed E-state index contributed by atoms with van der Waals surface area (Å²) in [4.78, 5) is 12.1. The highest BCUT2D eigenvalue weighted by Gasteiger charge is 2.44. The molecule has 0 unspecified atom stereocenters. The van der Waals surface area contributed by atoms with Crippen molar-refractivity contribution in [1.29, 1.82) is 0 Å². The zero-order valence-corrected chi connectivity index (χ0v) is 12.6. The quantitative estimate of drug-likeness (QED) is 0.819. The van der Waals surface area contributed by atoms with E-state index in [4.69, 9.17) is 4.74 Å². The summed E-state index contributed by atoms with van der Waals surface area (Å²) in [5.74, 6) is -0.726. The highest BCUT2D eigenvalue weighted by Crippen LogP contribution is 2.34. The van der Waals surface area contributed by atoms with Crippen molar-refractivity contribution in [3.63, 3.8) is 0 Å². The fourth-order valence-corrected chi connectivity index (χ4v) is 2.36. The molecule has 0 saturated carbocycles. The van der Waals surface area contributed by atoms with Crippen LogP contribution in [0, 0.1) is 11.2 Å². The Morgan fingerprint density at radius 2 is 2.00 bits per heavy atom. The van der Waals surface area contributed by atoms with E-state index in [0.717, 1.165) is 0 Å². The molecule has 2 atom stereocenters. The van der Waals surface area contributed by atoms with E-state index < -0.39 is 17.1 Å². The molecule has 5 heteroatoms. The van der Waals surface area contributed by atoms with Gasteiger partial charge in [-0.1, -0.05) is 12.1 Å². The summed E-state index contributed by atoms with van der Waals surface area (Å²) < 4.78 is 18.6. The van der Waals surface area contributed by atoms with Crippen molar-refractivity contribution in [2.24, 2.45) is 5.41 Å². The van der Waals surface area contributed by atoms with Gasteiger partial charge in [0.15, 0.2) is 0 Å². The molecule has 2 rings (SSSR count). The van der Waals surface area contributed by atoms with Crippen molar-refractivity contribution < 1.29 is 19.0 Å². The maximum Gasteiger partial charge on any atom is 0.311 e. The van der Waals surface area contributed by atoms with Gasteiger partial charge in [-0.05, 0) is 51.4 Å². The van der Waals surface area contributed by atoms with Crippen LogP contribution in [0.3, 0.4) is 0 Å². The van der Waals surface area contributed by atoms with E-state index in [1.54, 1.807) is 32.9 Å². The molecule has 1 aliphatic heterocycles. The van der Waals surface area contributed by atoms with E-state index in [-0.39, 0.29) is 11.8 Å². The minimum absolute atomic E-state index is 0.362. The van der Waals surface area contributed by atoms with Gasteiger partial charge >= 0.3 is 5.97 Å². The van der Waals surface area contributed by atoms with Gasteiger partial charge in [-0.3, -0.25) is 4.79 Å². The van der Waals surface area contributed by atoms with E-state index >= 15 is 0 Å². The predicted molar refractivity (Wildman–Crippen MR) is 77.1 cm³/mol. The number of halogens is 1. The van der Waals surface area contributed by atoms with Gasteiger partial charge in [0.1, 0.15) is 17.5 Å². The van der Waals surface area contributed by atoms with Crippen molar-refractivity contribution in [3.05, 3.63) is 35.6 Å². The van der Waals surface area contributed by atoms with Crippen molar-refractivity contribution in [3.8, 4) is 0 Å². The zero-order chi connectivity index (χ0) is 15.7. The number of benzene rings is 1. The van der Waals surface area contributed by atoms with Crippen LogP contribution < -0.4 is 5.32 Å². The number of carbonyl (C=O) groups is 1. The first kappa shape index (κ1) is 15.9. The lowest BCUT2D eigenvalue weighted by Gasteiger charge is -2.40. The molecule has 1 fully saturated rings. The molecule has 4 nitrogen and oxygen atoms in total. The summed E-state index contributed by atoms with van der Waals surface area (Å²) in [5, 5.41) is 14.1. The third kappa shape index (κ3) is 3.41. The number of hydrogen-bond donors (Lipinski definition) is 2. The molecule has 0 aromatic heterocycles. The second-order valence-corrected chi connectivity index (χ2v) is 6.53. The number of nitrogens with one attached hydrogen (secondary N) is 1. The Morgan fingerprint density at radius 3 is 2.57 bits per heavy atom. The summed E-state index contributed by atoms with van der Waals surface area (Å²) in [7, 11) is 0. The molecule has 116 valence electrons. The second-order valence-electron chi connectivity index (χ2n) is 6.53. The van der Waals surface area contributed by atoms with Crippen molar-refractivity contribution in [2.45, 2.75) is 38.9 Å². The first-order valence-electron chi connectivity index (χ1n) is 7.14. The molecule has 0 amide bonds. The minimum Gasteiger partial charge on any atom is -0.457 e. The van der Waals surface area contributed by atoms with Crippen LogP contribution >= 0.6 is 0 Å². The summed E-state index contributed by atoms with van der Waals surface area (Å²) in [6.45, 7) is 6.28. The molecule has 1 aromatic rings. The lowest BCUT2D eigenvalue weighted by Crippen LogP contribution is -2.54. The SMILES string of the molecule is CC(C)(C)C(=O)O[C@H]1CNCC[C@]1(O)c1ccc(F)cc1. The van der Waals surface area contributed by atoms with Crippen LogP contribution in [0.25, 0.3) is 0 Å². The minimum atomic E-state index is -1.29. The largest absolute Gasteiger partial charge is 0.457 e. The molecule has 1 aliphatic rings. The van der Waals surface area contributed by atoms with Crippen LogP contribution in [0.15, 0.2) is 24.3 Å². The molecule has 1 aromatic carbocycles. The van der Waals surface area contributed by atoms with Crippen molar-refractivity contribution in [1.82, 2.24) is 5.32 Å². The average molecular weight is 295 g/mol. The van der Waals surface area contributed by atoms with Gasteiger partial charge < -0.3 is 15.2 Å². The highest BCUT2D eigenvalue weighted by atomic mass is 19.1. The fraction of sp³-hybridized carbons (Fsp3) is 0.562. The number of piperidine rings is 1. The van der Waals surface area contributed by atoms with Crippen LogP contribution in [0.1, 0.15) is 32.8 Å². The molecule has 1 heterocycles. The average Bonchev–Trinajstić information content (AvgIpc) is 2.41. The molecule has 0 spiro atoms. The van der Waals surface area contributed by atoms with Crippen LogP contribution in [0.4, 0.5) is 4.39 Å². The van der Waals surface area contributed by atoms with Gasteiger partial charge in [0, 0.05) is 6.54 Å². The first-order valence-corrected chi connectivity index (χ1v) is 7.14. The number of esters is 1. The molecular formula is C16H22FNO3. The Labute approximate surface area is 124 Å². The van der Waals surface area contributed by atoms with E-state index in [1.165, 1.54) is 12.1 Å². The highest BCUT2D eigenvalue weighted by molar-refractivity contribution is 5.75. The molecule has 1 saturated heterocycles. The van der Waals surface area contributed by atoms with Gasteiger partial charge in [-0.2, -0.15) is 0 Å². The van der Waals surface area contributed by atoms with Crippen molar-refractivity contribution in [2.75, 3.05) is 13.1 Å². The van der Waals surface area contributed by atoms with Gasteiger partial charge in [0.2, 0.25) is 0 Å². The van der Waals surface area contributed by atoms with Gasteiger partial charge in [-0.25, -0.2) is 4.39 Å². The monoisotopic (exact) mass is 295 g/mol. The third-order valence-electron chi connectivity index (χ3n) is 3.75. The standard InChI is InChI=1S/C16H22FNO3/c1-15(2,3)14(19)21-13-10-18-9-8-16(13,20)11-4-6-12(17)7-5-11/h4-7,13,18,20H,8-10H2,1-3H3/t13-,16-/m0/s1. The third-order valence-corrected chi connectivity index (χ3v) is 3.75. The van der Waals surface area contributed by atoms with Crippen LogP contribution in [-0.2, 0) is 15.1 Å². The van der Waals surface area contributed by atoms with Crippen molar-refractivity contribution >= 4 is 5.97 Å². The smallest absolute Gasteiger partial charge is 0.311 e. The summed E-state index contributed by atoms with van der Waals surface area (Å²) in [5.41, 5.74) is -1.36. The lowest BCUT2D eigenvalue weighted by molar-refractivity contribution is -0.179. The summed E-state index contributed by atoms with van der Waals surface area (Å²) >= 11 is 0. The number of rotatable bonds is 2. The Kier molecular flexibility index (Phi) is 4.35. The number of aliphatic hydroxyl groups is 1.